The van der Waals surface area contributed by atoms with E-state index in [0.717, 1.165) is 0 Å². The van der Waals surface area contributed by atoms with Gasteiger partial charge in [0.15, 0.2) is 9.84 Å². The van der Waals surface area contributed by atoms with Crippen molar-refractivity contribution in [2.45, 2.75) is 18.7 Å². The van der Waals surface area contributed by atoms with Crippen molar-refractivity contribution < 1.29 is 8.42 Å². The monoisotopic (exact) mass is 200 g/mol. The smallest absolute Gasteiger partial charge is 0.179 e. The van der Waals surface area contributed by atoms with Crippen LogP contribution in [0.3, 0.4) is 0 Å². The number of anilines is 1. The Bertz CT molecular complexity index is 412. The minimum Gasteiger partial charge on any atom is -0.384 e. The van der Waals surface area contributed by atoms with Gasteiger partial charge in [-0.15, -0.1) is 0 Å². The Morgan fingerprint density at radius 2 is 2.08 bits per heavy atom. The molecule has 2 N–H and O–H groups in total. The number of aromatic nitrogens is 1. The van der Waals surface area contributed by atoms with Crippen LogP contribution in [0.25, 0.3) is 0 Å². The van der Waals surface area contributed by atoms with Gasteiger partial charge in [-0.3, -0.25) is 0 Å². The molecule has 1 heterocycles. The molecule has 0 spiro atoms. The van der Waals surface area contributed by atoms with Gasteiger partial charge in [0.25, 0.3) is 0 Å². The topological polar surface area (TPSA) is 73.0 Å². The van der Waals surface area contributed by atoms with E-state index in [1.54, 1.807) is 13.8 Å². The highest BCUT2D eigenvalue weighted by Gasteiger charge is 2.14. The molecule has 0 amide bonds. The summed E-state index contributed by atoms with van der Waals surface area (Å²) in [5.74, 6) is 0.423. The number of sulfone groups is 1. The SMILES string of the molecule is CCS(=O)(=O)c1ccc(N)nc1C. The molecular formula is C8H12N2O2S. The molecule has 1 aromatic rings. The van der Waals surface area contributed by atoms with Crippen LogP contribution in [0, 0.1) is 6.92 Å². The van der Waals surface area contributed by atoms with Crippen LogP contribution in [0.1, 0.15) is 12.6 Å². The maximum atomic E-state index is 11.5. The van der Waals surface area contributed by atoms with Gasteiger partial charge in [-0.2, -0.15) is 0 Å². The molecule has 0 unspecified atom stereocenters. The molecule has 72 valence electrons. The average molecular weight is 200 g/mol. The van der Waals surface area contributed by atoms with E-state index >= 15 is 0 Å². The summed E-state index contributed by atoms with van der Waals surface area (Å²) in [7, 11) is -3.16. The summed E-state index contributed by atoms with van der Waals surface area (Å²) in [5, 5.41) is 0. The summed E-state index contributed by atoms with van der Waals surface area (Å²) in [5.41, 5.74) is 5.87. The molecule has 0 fully saturated rings. The lowest BCUT2D eigenvalue weighted by Gasteiger charge is -2.04. The fourth-order valence-electron chi connectivity index (χ4n) is 1.05. The molecule has 0 aliphatic carbocycles. The molecule has 0 aliphatic heterocycles. The van der Waals surface area contributed by atoms with Crippen LogP contribution in [0.2, 0.25) is 0 Å². The molecule has 0 radical (unpaired) electrons. The molecule has 0 saturated carbocycles. The number of pyridine rings is 1. The second-order valence-electron chi connectivity index (χ2n) is 2.72. The van der Waals surface area contributed by atoms with Gasteiger partial charge in [0, 0.05) is 0 Å². The number of aryl methyl sites for hydroxylation is 1. The first-order chi connectivity index (χ1) is 5.97. The zero-order valence-corrected chi connectivity index (χ0v) is 8.43. The molecule has 5 heteroatoms. The maximum absolute atomic E-state index is 11.5. The number of hydrogen-bond donors (Lipinski definition) is 1. The molecule has 0 atom stereocenters. The third kappa shape index (κ3) is 1.98. The number of hydrogen-bond acceptors (Lipinski definition) is 4. The van der Waals surface area contributed by atoms with E-state index in [2.05, 4.69) is 4.98 Å². The maximum Gasteiger partial charge on any atom is 0.179 e. The summed E-state index contributed by atoms with van der Waals surface area (Å²) in [6.45, 7) is 3.24. The van der Waals surface area contributed by atoms with Gasteiger partial charge in [-0.25, -0.2) is 13.4 Å². The Kier molecular flexibility index (Phi) is 2.56. The third-order valence-electron chi connectivity index (χ3n) is 1.77. The fraction of sp³-hybridized carbons (Fsp3) is 0.375. The molecule has 13 heavy (non-hydrogen) atoms. The van der Waals surface area contributed by atoms with Crippen molar-refractivity contribution in [3.63, 3.8) is 0 Å². The average Bonchev–Trinajstić information content (AvgIpc) is 2.03. The molecule has 4 nitrogen and oxygen atoms in total. The second kappa shape index (κ2) is 3.33. The quantitative estimate of drug-likeness (QED) is 0.765. The fourth-order valence-corrected chi connectivity index (χ4v) is 2.13. The molecule has 1 aromatic heterocycles. The van der Waals surface area contributed by atoms with Crippen molar-refractivity contribution >= 4 is 15.7 Å². The van der Waals surface area contributed by atoms with Gasteiger partial charge in [0.05, 0.1) is 16.3 Å². The van der Waals surface area contributed by atoms with Gasteiger partial charge in [-0.05, 0) is 19.1 Å². The normalized spacial score (nSPS) is 11.5. The standard InChI is InChI=1S/C8H12N2O2S/c1-3-13(11,12)7-4-5-8(9)10-6(7)2/h4-5H,3H2,1-2H3,(H2,9,10). The Morgan fingerprint density at radius 3 is 2.54 bits per heavy atom. The van der Waals surface area contributed by atoms with Crippen molar-refractivity contribution in [1.29, 1.82) is 0 Å². The van der Waals surface area contributed by atoms with E-state index in [9.17, 15) is 8.42 Å². The van der Waals surface area contributed by atoms with Crippen LogP contribution in [-0.4, -0.2) is 19.2 Å². The van der Waals surface area contributed by atoms with E-state index in [-0.39, 0.29) is 10.6 Å². The van der Waals surface area contributed by atoms with Gasteiger partial charge in [0.2, 0.25) is 0 Å². The van der Waals surface area contributed by atoms with Crippen molar-refractivity contribution in [2.75, 3.05) is 11.5 Å². The lowest BCUT2D eigenvalue weighted by atomic mass is 10.4. The van der Waals surface area contributed by atoms with Crippen LogP contribution in [0.15, 0.2) is 17.0 Å². The number of nitrogen functional groups attached to an aromatic ring is 1. The predicted octanol–water partition coefficient (Wildman–Crippen LogP) is 0.766. The molecule has 0 bridgehead atoms. The van der Waals surface area contributed by atoms with Crippen molar-refractivity contribution in [1.82, 2.24) is 4.98 Å². The van der Waals surface area contributed by atoms with Crippen molar-refractivity contribution in [3.8, 4) is 0 Å². The Labute approximate surface area is 77.7 Å². The van der Waals surface area contributed by atoms with Crippen LogP contribution in [-0.2, 0) is 9.84 Å². The molecule has 0 aromatic carbocycles. The van der Waals surface area contributed by atoms with E-state index in [4.69, 9.17) is 5.73 Å². The number of nitrogens with zero attached hydrogens (tertiary/aromatic N) is 1. The Hall–Kier alpha value is -1.10. The lowest BCUT2D eigenvalue weighted by Crippen LogP contribution is -2.07. The first kappa shape index (κ1) is 9.98. The van der Waals surface area contributed by atoms with Crippen LogP contribution in [0.5, 0.6) is 0 Å². The first-order valence-electron chi connectivity index (χ1n) is 3.93. The van der Waals surface area contributed by atoms with Crippen LogP contribution >= 0.6 is 0 Å². The van der Waals surface area contributed by atoms with Gasteiger partial charge in [0.1, 0.15) is 5.82 Å². The van der Waals surface area contributed by atoms with E-state index in [0.29, 0.717) is 11.5 Å². The minimum atomic E-state index is -3.16. The summed E-state index contributed by atoms with van der Waals surface area (Å²) in [4.78, 5) is 4.15. The summed E-state index contributed by atoms with van der Waals surface area (Å²) >= 11 is 0. The van der Waals surface area contributed by atoms with E-state index in [1.165, 1.54) is 12.1 Å². The summed E-state index contributed by atoms with van der Waals surface area (Å²) in [6, 6.07) is 2.99. The second-order valence-corrected chi connectivity index (χ2v) is 4.97. The lowest BCUT2D eigenvalue weighted by molar-refractivity contribution is 0.596. The summed E-state index contributed by atoms with van der Waals surface area (Å²) < 4.78 is 22.9. The van der Waals surface area contributed by atoms with E-state index in [1.807, 2.05) is 0 Å². The minimum absolute atomic E-state index is 0.0828. The van der Waals surface area contributed by atoms with E-state index < -0.39 is 9.84 Å². The van der Waals surface area contributed by atoms with Crippen molar-refractivity contribution in [2.24, 2.45) is 0 Å². The highest BCUT2D eigenvalue weighted by molar-refractivity contribution is 7.91. The third-order valence-corrected chi connectivity index (χ3v) is 3.64. The Balaban J connectivity index is 3.33. The highest BCUT2D eigenvalue weighted by atomic mass is 32.2. The largest absolute Gasteiger partial charge is 0.384 e. The summed E-state index contributed by atoms with van der Waals surface area (Å²) in [6.07, 6.45) is 0. The predicted molar refractivity (Wildman–Crippen MR) is 51.1 cm³/mol. The first-order valence-corrected chi connectivity index (χ1v) is 5.58. The van der Waals surface area contributed by atoms with Crippen LogP contribution in [0.4, 0.5) is 5.82 Å². The molecule has 1 rings (SSSR count). The zero-order chi connectivity index (χ0) is 10.1. The zero-order valence-electron chi connectivity index (χ0n) is 7.61. The van der Waals surface area contributed by atoms with Crippen LogP contribution < -0.4 is 5.73 Å². The highest BCUT2D eigenvalue weighted by Crippen LogP contribution is 2.15. The van der Waals surface area contributed by atoms with Crippen molar-refractivity contribution in [3.05, 3.63) is 17.8 Å². The van der Waals surface area contributed by atoms with Gasteiger partial charge in [-0.1, -0.05) is 6.92 Å². The number of nitrogens with two attached hydrogens (primary N) is 1. The molecular weight excluding hydrogens is 188 g/mol. The molecule has 0 saturated heterocycles. The van der Waals surface area contributed by atoms with Gasteiger partial charge >= 0.3 is 0 Å². The number of rotatable bonds is 2. The molecule has 0 aliphatic rings. The van der Waals surface area contributed by atoms with Gasteiger partial charge < -0.3 is 5.73 Å². The Morgan fingerprint density at radius 1 is 1.46 bits per heavy atom.